The van der Waals surface area contributed by atoms with Gasteiger partial charge in [-0.3, -0.25) is 9.69 Å². The van der Waals surface area contributed by atoms with E-state index in [0.29, 0.717) is 25.2 Å². The van der Waals surface area contributed by atoms with Gasteiger partial charge in [-0.25, -0.2) is 8.42 Å². The minimum atomic E-state index is -2.84. The van der Waals surface area contributed by atoms with Crippen molar-refractivity contribution in [2.45, 2.75) is 6.54 Å². The SMILES string of the molecule is CNC(=O)c1cccc(CN2CCS(=O)(=O)CC2)c1. The van der Waals surface area contributed by atoms with Gasteiger partial charge in [-0.1, -0.05) is 12.1 Å². The van der Waals surface area contributed by atoms with Crippen molar-refractivity contribution in [1.82, 2.24) is 10.2 Å². The molecule has 0 aromatic heterocycles. The number of hydrogen-bond acceptors (Lipinski definition) is 4. The number of benzene rings is 1. The third-order valence-corrected chi connectivity index (χ3v) is 4.87. The molecule has 1 aromatic carbocycles. The van der Waals surface area contributed by atoms with Crippen molar-refractivity contribution in [3.63, 3.8) is 0 Å². The van der Waals surface area contributed by atoms with Crippen LogP contribution in [0.5, 0.6) is 0 Å². The van der Waals surface area contributed by atoms with Crippen molar-refractivity contribution in [2.75, 3.05) is 31.6 Å². The number of carbonyl (C=O) groups excluding carboxylic acids is 1. The summed E-state index contributed by atoms with van der Waals surface area (Å²) in [5, 5.41) is 2.59. The highest BCUT2D eigenvalue weighted by Gasteiger charge is 2.21. The van der Waals surface area contributed by atoms with Gasteiger partial charge >= 0.3 is 0 Å². The van der Waals surface area contributed by atoms with E-state index in [1.165, 1.54) is 0 Å². The summed E-state index contributed by atoms with van der Waals surface area (Å²) >= 11 is 0. The summed E-state index contributed by atoms with van der Waals surface area (Å²) in [4.78, 5) is 13.6. The summed E-state index contributed by atoms with van der Waals surface area (Å²) in [5.74, 6) is 0.340. The number of nitrogens with one attached hydrogen (secondary N) is 1. The summed E-state index contributed by atoms with van der Waals surface area (Å²) in [6, 6.07) is 7.42. The summed E-state index contributed by atoms with van der Waals surface area (Å²) in [5.41, 5.74) is 1.66. The number of carbonyl (C=O) groups is 1. The molecule has 0 atom stereocenters. The van der Waals surface area contributed by atoms with Crippen LogP contribution in [-0.4, -0.2) is 50.9 Å². The fourth-order valence-corrected chi connectivity index (χ4v) is 3.40. The van der Waals surface area contributed by atoms with Gasteiger partial charge in [0.2, 0.25) is 0 Å². The van der Waals surface area contributed by atoms with Crippen LogP contribution in [0.1, 0.15) is 15.9 Å². The smallest absolute Gasteiger partial charge is 0.251 e. The quantitative estimate of drug-likeness (QED) is 0.864. The van der Waals surface area contributed by atoms with Gasteiger partial charge in [0, 0.05) is 32.2 Å². The molecule has 104 valence electrons. The van der Waals surface area contributed by atoms with E-state index in [1.54, 1.807) is 13.1 Å². The fourth-order valence-electron chi connectivity index (χ4n) is 2.12. The van der Waals surface area contributed by atoms with E-state index in [1.807, 2.05) is 18.2 Å². The predicted molar refractivity (Wildman–Crippen MR) is 73.8 cm³/mol. The molecule has 0 unspecified atom stereocenters. The van der Waals surface area contributed by atoms with Gasteiger partial charge < -0.3 is 5.32 Å². The lowest BCUT2D eigenvalue weighted by atomic mass is 10.1. The Balaban J connectivity index is 2.02. The third kappa shape index (κ3) is 3.78. The molecule has 1 aliphatic rings. The average molecular weight is 282 g/mol. The maximum atomic E-state index is 11.5. The molecule has 1 fully saturated rings. The van der Waals surface area contributed by atoms with Crippen LogP contribution < -0.4 is 5.32 Å². The molecular weight excluding hydrogens is 264 g/mol. The van der Waals surface area contributed by atoms with Crippen LogP contribution in [0, 0.1) is 0 Å². The summed E-state index contributed by atoms with van der Waals surface area (Å²) in [7, 11) is -1.24. The lowest BCUT2D eigenvalue weighted by Crippen LogP contribution is -2.39. The molecule has 5 nitrogen and oxygen atoms in total. The fraction of sp³-hybridized carbons (Fsp3) is 0.462. The molecule has 1 aromatic rings. The molecule has 0 radical (unpaired) electrons. The molecule has 1 N–H and O–H groups in total. The lowest BCUT2D eigenvalue weighted by molar-refractivity contribution is 0.0963. The molecule has 1 aliphatic heterocycles. The predicted octanol–water partition coefficient (Wildman–Crippen LogP) is 0.277. The first-order chi connectivity index (χ1) is 9.00. The Morgan fingerprint density at radius 1 is 1.32 bits per heavy atom. The first-order valence-electron chi connectivity index (χ1n) is 6.24. The zero-order valence-corrected chi connectivity index (χ0v) is 11.7. The maximum Gasteiger partial charge on any atom is 0.251 e. The lowest BCUT2D eigenvalue weighted by Gasteiger charge is -2.26. The van der Waals surface area contributed by atoms with Crippen molar-refractivity contribution in [1.29, 1.82) is 0 Å². The Bertz CT molecular complexity index is 555. The molecular formula is C13H18N2O3S. The highest BCUT2D eigenvalue weighted by Crippen LogP contribution is 2.11. The second kappa shape index (κ2) is 5.71. The summed E-state index contributed by atoms with van der Waals surface area (Å²) < 4.78 is 22.7. The molecule has 2 rings (SSSR count). The number of hydrogen-bond donors (Lipinski definition) is 1. The minimum absolute atomic E-state index is 0.108. The number of sulfone groups is 1. The number of rotatable bonds is 3. The van der Waals surface area contributed by atoms with E-state index in [4.69, 9.17) is 0 Å². The first-order valence-corrected chi connectivity index (χ1v) is 8.06. The zero-order chi connectivity index (χ0) is 13.9. The molecule has 0 aliphatic carbocycles. The maximum absolute atomic E-state index is 11.5. The highest BCUT2D eigenvalue weighted by atomic mass is 32.2. The van der Waals surface area contributed by atoms with E-state index >= 15 is 0 Å². The topological polar surface area (TPSA) is 66.5 Å². The van der Waals surface area contributed by atoms with E-state index in [2.05, 4.69) is 10.2 Å². The molecule has 1 amide bonds. The van der Waals surface area contributed by atoms with E-state index in [-0.39, 0.29) is 17.4 Å². The van der Waals surface area contributed by atoms with Crippen LogP contribution in [0.25, 0.3) is 0 Å². The van der Waals surface area contributed by atoms with Gasteiger partial charge in [0.25, 0.3) is 5.91 Å². The second-order valence-electron chi connectivity index (χ2n) is 4.71. The number of amides is 1. The molecule has 1 saturated heterocycles. The molecule has 0 bridgehead atoms. The standard InChI is InChI=1S/C13H18N2O3S/c1-14-13(16)12-4-2-3-11(9-12)10-15-5-7-19(17,18)8-6-15/h2-4,9H,5-8,10H2,1H3,(H,14,16). The van der Waals surface area contributed by atoms with Gasteiger partial charge in [-0.05, 0) is 17.7 Å². The first kappa shape index (κ1) is 14.0. The van der Waals surface area contributed by atoms with Gasteiger partial charge in [-0.2, -0.15) is 0 Å². The van der Waals surface area contributed by atoms with Crippen molar-refractivity contribution in [3.05, 3.63) is 35.4 Å². The summed E-state index contributed by atoms with van der Waals surface area (Å²) in [6.07, 6.45) is 0. The van der Waals surface area contributed by atoms with E-state index in [0.717, 1.165) is 5.56 Å². The minimum Gasteiger partial charge on any atom is -0.355 e. The molecule has 6 heteroatoms. The molecule has 19 heavy (non-hydrogen) atoms. The van der Waals surface area contributed by atoms with Gasteiger partial charge in [0.1, 0.15) is 0 Å². The molecule has 0 saturated carbocycles. The molecule has 0 spiro atoms. The Kier molecular flexibility index (Phi) is 4.21. The van der Waals surface area contributed by atoms with Crippen LogP contribution in [0.3, 0.4) is 0 Å². The normalized spacial score (nSPS) is 19.0. The monoisotopic (exact) mass is 282 g/mol. The second-order valence-corrected chi connectivity index (χ2v) is 7.01. The van der Waals surface area contributed by atoms with Crippen molar-refractivity contribution in [3.8, 4) is 0 Å². The van der Waals surface area contributed by atoms with Crippen LogP contribution >= 0.6 is 0 Å². The Labute approximate surface area is 113 Å². The van der Waals surface area contributed by atoms with Crippen LogP contribution in [0.15, 0.2) is 24.3 Å². The number of nitrogens with zero attached hydrogens (tertiary/aromatic N) is 1. The highest BCUT2D eigenvalue weighted by molar-refractivity contribution is 7.91. The Morgan fingerprint density at radius 3 is 2.63 bits per heavy atom. The Morgan fingerprint density at radius 2 is 2.00 bits per heavy atom. The van der Waals surface area contributed by atoms with E-state index < -0.39 is 9.84 Å². The van der Waals surface area contributed by atoms with Crippen molar-refractivity contribution >= 4 is 15.7 Å². The van der Waals surface area contributed by atoms with E-state index in [9.17, 15) is 13.2 Å². The van der Waals surface area contributed by atoms with Crippen molar-refractivity contribution < 1.29 is 13.2 Å². The summed E-state index contributed by atoms with van der Waals surface area (Å²) in [6.45, 7) is 1.80. The van der Waals surface area contributed by atoms with Crippen LogP contribution in [0.4, 0.5) is 0 Å². The Hall–Kier alpha value is -1.40. The van der Waals surface area contributed by atoms with Gasteiger partial charge in [0.05, 0.1) is 11.5 Å². The molecule has 1 heterocycles. The van der Waals surface area contributed by atoms with Crippen LogP contribution in [-0.2, 0) is 16.4 Å². The average Bonchev–Trinajstić information content (AvgIpc) is 2.41. The third-order valence-electron chi connectivity index (χ3n) is 3.26. The van der Waals surface area contributed by atoms with Crippen molar-refractivity contribution in [2.24, 2.45) is 0 Å². The van der Waals surface area contributed by atoms with Crippen LogP contribution in [0.2, 0.25) is 0 Å². The largest absolute Gasteiger partial charge is 0.355 e. The zero-order valence-electron chi connectivity index (χ0n) is 10.9. The van der Waals surface area contributed by atoms with Gasteiger partial charge in [0.15, 0.2) is 9.84 Å². The van der Waals surface area contributed by atoms with Gasteiger partial charge in [-0.15, -0.1) is 0 Å².